The maximum atomic E-state index is 12.9. The number of nitrogens with zero attached hydrogens (tertiary/aromatic N) is 5. The molecule has 1 amide bonds. The number of carbonyl (C=O) groups excluding carboxylic acids is 1. The third-order valence-electron chi connectivity index (χ3n) is 4.72. The molecule has 2 aromatic heterocycles. The summed E-state index contributed by atoms with van der Waals surface area (Å²) in [4.78, 5) is 31.3. The van der Waals surface area contributed by atoms with E-state index in [1.54, 1.807) is 45.0 Å². The Labute approximate surface area is 160 Å². The first-order chi connectivity index (χ1) is 13.1. The lowest BCUT2D eigenvalue weighted by Crippen LogP contribution is -2.40. The number of aromatic nitrogens is 4. The summed E-state index contributed by atoms with van der Waals surface area (Å²) in [6.07, 6.45) is 5.29. The Morgan fingerprint density at radius 2 is 2.19 bits per heavy atom. The summed E-state index contributed by atoms with van der Waals surface area (Å²) in [7, 11) is 0. The summed E-state index contributed by atoms with van der Waals surface area (Å²) >= 11 is 6.02. The zero-order valence-corrected chi connectivity index (χ0v) is 15.6. The monoisotopic (exact) mass is 383 g/mol. The van der Waals surface area contributed by atoms with Gasteiger partial charge in [-0.1, -0.05) is 17.7 Å². The van der Waals surface area contributed by atoms with Crippen LogP contribution in [0.15, 0.2) is 47.8 Å². The van der Waals surface area contributed by atoms with Crippen LogP contribution in [0.2, 0.25) is 5.02 Å². The molecule has 0 saturated carbocycles. The van der Waals surface area contributed by atoms with Crippen LogP contribution in [0.1, 0.15) is 28.5 Å². The molecule has 1 aromatic carbocycles. The topological polar surface area (TPSA) is 73.0 Å². The van der Waals surface area contributed by atoms with Crippen molar-refractivity contribution in [2.75, 3.05) is 6.54 Å². The molecule has 0 radical (unpaired) electrons. The Bertz CT molecular complexity index is 1070. The minimum absolute atomic E-state index is 0.0108. The van der Waals surface area contributed by atoms with Crippen LogP contribution in [-0.4, -0.2) is 36.7 Å². The molecular weight excluding hydrogens is 366 g/mol. The number of amides is 1. The highest BCUT2D eigenvalue weighted by atomic mass is 35.5. The van der Waals surface area contributed by atoms with Gasteiger partial charge in [-0.15, -0.1) is 0 Å². The highest BCUT2D eigenvalue weighted by Gasteiger charge is 2.25. The molecule has 8 heteroatoms. The van der Waals surface area contributed by atoms with E-state index in [2.05, 4.69) is 10.1 Å². The van der Waals surface area contributed by atoms with Crippen LogP contribution in [0.25, 0.3) is 5.69 Å². The van der Waals surface area contributed by atoms with Gasteiger partial charge in [-0.05, 0) is 31.5 Å². The van der Waals surface area contributed by atoms with Crippen molar-refractivity contribution in [1.82, 2.24) is 24.2 Å². The molecule has 0 spiro atoms. The highest BCUT2D eigenvalue weighted by Crippen LogP contribution is 2.18. The molecule has 0 saturated heterocycles. The van der Waals surface area contributed by atoms with Gasteiger partial charge in [-0.25, -0.2) is 9.67 Å². The Morgan fingerprint density at radius 3 is 2.96 bits per heavy atom. The average Bonchev–Trinajstić information content (AvgIpc) is 3.18. The smallest absolute Gasteiger partial charge is 0.257 e. The molecule has 0 atom stereocenters. The zero-order chi connectivity index (χ0) is 19.0. The molecule has 27 heavy (non-hydrogen) atoms. The minimum atomic E-state index is -0.129. The number of aryl methyl sites for hydroxylation is 1. The van der Waals surface area contributed by atoms with Gasteiger partial charge in [0, 0.05) is 29.9 Å². The normalized spacial score (nSPS) is 13.5. The SMILES string of the molecule is CCn1cnc2c(c1=O)CCN(C(=O)c1cnn(-c3cccc(Cl)c3)c1)C2. The number of halogens is 1. The Kier molecular flexibility index (Phi) is 4.53. The predicted octanol–water partition coefficient (Wildman–Crippen LogP) is 2.30. The van der Waals surface area contributed by atoms with E-state index in [0.717, 1.165) is 5.69 Å². The van der Waals surface area contributed by atoms with Crippen molar-refractivity contribution in [3.8, 4) is 5.69 Å². The van der Waals surface area contributed by atoms with E-state index in [1.165, 1.54) is 0 Å². The summed E-state index contributed by atoms with van der Waals surface area (Å²) in [5, 5.41) is 4.87. The number of fused-ring (bicyclic) bond motifs is 1. The van der Waals surface area contributed by atoms with Crippen LogP contribution in [0.5, 0.6) is 0 Å². The molecule has 1 aliphatic heterocycles. The predicted molar refractivity (Wildman–Crippen MR) is 101 cm³/mol. The second-order valence-electron chi connectivity index (χ2n) is 6.39. The fourth-order valence-electron chi connectivity index (χ4n) is 3.23. The largest absolute Gasteiger partial charge is 0.332 e. The van der Waals surface area contributed by atoms with Gasteiger partial charge >= 0.3 is 0 Å². The van der Waals surface area contributed by atoms with Gasteiger partial charge in [-0.2, -0.15) is 5.10 Å². The standard InChI is InChI=1S/C19H18ClN5O2/c1-2-23-12-21-17-11-24(7-6-16(17)19(23)27)18(26)13-9-22-25(10-13)15-5-3-4-14(20)8-15/h3-5,8-10,12H,2,6-7,11H2,1H3. The summed E-state index contributed by atoms with van der Waals surface area (Å²) < 4.78 is 3.21. The Hall–Kier alpha value is -2.93. The van der Waals surface area contributed by atoms with Gasteiger partial charge in [0.15, 0.2) is 0 Å². The first kappa shape index (κ1) is 17.5. The fourth-order valence-corrected chi connectivity index (χ4v) is 3.42. The molecule has 0 aliphatic carbocycles. The lowest BCUT2D eigenvalue weighted by atomic mass is 10.1. The fraction of sp³-hybridized carbons (Fsp3) is 0.263. The molecule has 1 aliphatic rings. The second kappa shape index (κ2) is 7.00. The molecular formula is C19H18ClN5O2. The van der Waals surface area contributed by atoms with Gasteiger partial charge < -0.3 is 4.90 Å². The lowest BCUT2D eigenvalue weighted by molar-refractivity contribution is 0.0731. The number of hydrogen-bond donors (Lipinski definition) is 0. The zero-order valence-electron chi connectivity index (χ0n) is 14.8. The number of carbonyl (C=O) groups is 1. The van der Waals surface area contributed by atoms with E-state index in [4.69, 9.17) is 11.6 Å². The van der Waals surface area contributed by atoms with Crippen molar-refractivity contribution in [3.63, 3.8) is 0 Å². The van der Waals surface area contributed by atoms with E-state index in [9.17, 15) is 9.59 Å². The van der Waals surface area contributed by atoms with E-state index >= 15 is 0 Å². The van der Waals surface area contributed by atoms with Crippen molar-refractivity contribution >= 4 is 17.5 Å². The second-order valence-corrected chi connectivity index (χ2v) is 6.83. The summed E-state index contributed by atoms with van der Waals surface area (Å²) in [6.45, 7) is 3.31. The maximum absolute atomic E-state index is 12.9. The van der Waals surface area contributed by atoms with Crippen LogP contribution in [0.3, 0.4) is 0 Å². The Morgan fingerprint density at radius 1 is 1.33 bits per heavy atom. The van der Waals surface area contributed by atoms with Gasteiger partial charge in [0.25, 0.3) is 11.5 Å². The molecule has 0 bridgehead atoms. The van der Waals surface area contributed by atoms with Crippen molar-refractivity contribution < 1.29 is 4.79 Å². The van der Waals surface area contributed by atoms with Crippen LogP contribution in [0, 0.1) is 0 Å². The van der Waals surface area contributed by atoms with Crippen molar-refractivity contribution in [3.05, 3.63) is 75.2 Å². The van der Waals surface area contributed by atoms with Crippen LogP contribution in [0.4, 0.5) is 0 Å². The summed E-state index contributed by atoms with van der Waals surface area (Å²) in [5.74, 6) is -0.129. The first-order valence-corrected chi connectivity index (χ1v) is 9.11. The molecule has 4 rings (SSSR count). The van der Waals surface area contributed by atoms with Gasteiger partial charge in [0.2, 0.25) is 0 Å². The van der Waals surface area contributed by atoms with Crippen molar-refractivity contribution in [2.45, 2.75) is 26.4 Å². The van der Waals surface area contributed by atoms with E-state index in [1.807, 2.05) is 19.1 Å². The summed E-state index contributed by atoms with van der Waals surface area (Å²) in [5.41, 5.74) is 2.64. The highest BCUT2D eigenvalue weighted by molar-refractivity contribution is 6.30. The third kappa shape index (κ3) is 3.26. The van der Waals surface area contributed by atoms with Crippen LogP contribution < -0.4 is 5.56 Å². The lowest BCUT2D eigenvalue weighted by Gasteiger charge is -2.27. The Balaban J connectivity index is 1.56. The van der Waals surface area contributed by atoms with Crippen LogP contribution >= 0.6 is 11.6 Å². The molecule has 0 N–H and O–H groups in total. The molecule has 7 nitrogen and oxygen atoms in total. The minimum Gasteiger partial charge on any atom is -0.332 e. The molecule has 138 valence electrons. The van der Waals surface area contributed by atoms with Gasteiger partial charge in [-0.3, -0.25) is 14.2 Å². The van der Waals surface area contributed by atoms with Crippen molar-refractivity contribution in [1.29, 1.82) is 0 Å². The average molecular weight is 384 g/mol. The van der Waals surface area contributed by atoms with Crippen molar-refractivity contribution in [2.24, 2.45) is 0 Å². The number of rotatable bonds is 3. The van der Waals surface area contributed by atoms with Gasteiger partial charge in [0.1, 0.15) is 0 Å². The van der Waals surface area contributed by atoms with Crippen LogP contribution in [-0.2, 0) is 19.5 Å². The molecule has 3 heterocycles. The van der Waals surface area contributed by atoms with E-state index in [-0.39, 0.29) is 11.5 Å². The first-order valence-electron chi connectivity index (χ1n) is 8.74. The van der Waals surface area contributed by atoms with E-state index < -0.39 is 0 Å². The molecule has 0 unspecified atom stereocenters. The third-order valence-corrected chi connectivity index (χ3v) is 4.96. The quantitative estimate of drug-likeness (QED) is 0.695. The number of hydrogen-bond acceptors (Lipinski definition) is 4. The molecule has 0 fully saturated rings. The molecule has 3 aromatic rings. The summed E-state index contributed by atoms with van der Waals surface area (Å²) in [6, 6.07) is 7.26. The maximum Gasteiger partial charge on any atom is 0.257 e. The van der Waals surface area contributed by atoms with E-state index in [0.29, 0.717) is 47.9 Å². The van der Waals surface area contributed by atoms with Gasteiger partial charge in [0.05, 0.1) is 36.0 Å². The number of benzene rings is 1.